The Hall–Kier alpha value is -2.36. The Kier molecular flexibility index (Phi) is 5.99. The highest BCUT2D eigenvalue weighted by atomic mass is 19.4. The van der Waals surface area contributed by atoms with Crippen LogP contribution >= 0.6 is 0 Å². The van der Waals surface area contributed by atoms with Crippen molar-refractivity contribution in [3.05, 3.63) is 29.6 Å². The average molecular weight is 433 g/mol. The minimum Gasteiger partial charge on any atom is -0.444 e. The second-order valence-electron chi connectivity index (χ2n) is 8.45. The molecule has 30 heavy (non-hydrogen) atoms. The van der Waals surface area contributed by atoms with Crippen molar-refractivity contribution in [3.63, 3.8) is 0 Å². The molecule has 1 aromatic rings. The quantitative estimate of drug-likeness (QED) is 0.525. The summed E-state index contributed by atoms with van der Waals surface area (Å²) in [5.74, 6) is -2.93. The number of hydrogen-bond acceptors (Lipinski definition) is 5. The van der Waals surface area contributed by atoms with Crippen molar-refractivity contribution in [3.8, 4) is 5.75 Å². The van der Waals surface area contributed by atoms with Gasteiger partial charge >= 0.3 is 12.5 Å². The van der Waals surface area contributed by atoms with Crippen molar-refractivity contribution in [2.45, 2.75) is 57.7 Å². The SMILES string of the molecule is CC(C)(C)OC(=O)N1C2COCC1CC(C(=O)c1ccc(OC(F)(F)F)cc1F)C2. The number of carbonyl (C=O) groups excluding carboxylic acids is 2. The smallest absolute Gasteiger partial charge is 0.444 e. The monoisotopic (exact) mass is 433 g/mol. The van der Waals surface area contributed by atoms with Gasteiger partial charge in [-0.05, 0) is 45.7 Å². The summed E-state index contributed by atoms with van der Waals surface area (Å²) in [5.41, 5.74) is -0.985. The lowest BCUT2D eigenvalue weighted by molar-refractivity contribution is -0.274. The number of Topliss-reactive ketones (excluding diaryl/α,β-unsaturated/α-hetero) is 1. The van der Waals surface area contributed by atoms with E-state index in [4.69, 9.17) is 9.47 Å². The summed E-state index contributed by atoms with van der Waals surface area (Å²) in [6.45, 7) is 5.70. The van der Waals surface area contributed by atoms with E-state index in [1.165, 1.54) is 0 Å². The van der Waals surface area contributed by atoms with Crippen LogP contribution in [0.4, 0.5) is 22.4 Å². The first-order valence-electron chi connectivity index (χ1n) is 9.52. The first-order valence-corrected chi connectivity index (χ1v) is 9.52. The van der Waals surface area contributed by atoms with Gasteiger partial charge in [-0.3, -0.25) is 9.69 Å². The summed E-state index contributed by atoms with van der Waals surface area (Å²) in [4.78, 5) is 27.0. The predicted octanol–water partition coefficient (Wildman–Crippen LogP) is 4.32. The summed E-state index contributed by atoms with van der Waals surface area (Å²) in [5, 5.41) is 0. The van der Waals surface area contributed by atoms with Crippen LogP contribution in [0.25, 0.3) is 0 Å². The van der Waals surface area contributed by atoms with E-state index in [1.807, 2.05) is 0 Å². The third kappa shape index (κ3) is 5.21. The number of morpholine rings is 1. The van der Waals surface area contributed by atoms with Gasteiger partial charge in [0.2, 0.25) is 0 Å². The molecule has 2 unspecified atom stereocenters. The van der Waals surface area contributed by atoms with Gasteiger partial charge < -0.3 is 14.2 Å². The Bertz CT molecular complexity index is 806. The fourth-order valence-corrected chi connectivity index (χ4v) is 3.85. The van der Waals surface area contributed by atoms with Crippen LogP contribution in [-0.4, -0.2) is 54.0 Å². The summed E-state index contributed by atoms with van der Waals surface area (Å²) < 4.78 is 65.8. The minimum absolute atomic E-state index is 0.223. The van der Waals surface area contributed by atoms with Crippen LogP contribution in [-0.2, 0) is 9.47 Å². The van der Waals surface area contributed by atoms with Gasteiger partial charge in [0.15, 0.2) is 5.78 Å². The van der Waals surface area contributed by atoms with Crippen LogP contribution in [0.5, 0.6) is 5.75 Å². The first-order chi connectivity index (χ1) is 13.8. The number of rotatable bonds is 3. The molecular formula is C20H23F4NO5. The number of ketones is 1. The fourth-order valence-electron chi connectivity index (χ4n) is 3.85. The summed E-state index contributed by atoms with van der Waals surface area (Å²) in [6, 6.07) is 1.63. The number of halogens is 4. The van der Waals surface area contributed by atoms with E-state index in [9.17, 15) is 27.2 Å². The molecule has 2 bridgehead atoms. The van der Waals surface area contributed by atoms with Crippen molar-refractivity contribution < 1.29 is 41.4 Å². The summed E-state index contributed by atoms with van der Waals surface area (Å²) in [7, 11) is 0. The fraction of sp³-hybridized carbons (Fsp3) is 0.600. The van der Waals surface area contributed by atoms with Gasteiger partial charge in [0.1, 0.15) is 17.2 Å². The molecule has 2 heterocycles. The number of ether oxygens (including phenoxy) is 3. The molecule has 2 aliphatic rings. The number of carbonyl (C=O) groups is 2. The Labute approximate surface area is 171 Å². The van der Waals surface area contributed by atoms with Crippen LogP contribution in [0.15, 0.2) is 18.2 Å². The molecule has 2 fully saturated rings. The molecule has 2 atom stereocenters. The van der Waals surface area contributed by atoms with Gasteiger partial charge in [0, 0.05) is 12.0 Å². The van der Waals surface area contributed by atoms with E-state index < -0.39 is 53.4 Å². The van der Waals surface area contributed by atoms with Crippen molar-refractivity contribution in [2.24, 2.45) is 5.92 Å². The average Bonchev–Trinajstić information content (AvgIpc) is 2.57. The third-order valence-corrected chi connectivity index (χ3v) is 4.94. The van der Waals surface area contributed by atoms with Gasteiger partial charge in [0.05, 0.1) is 30.9 Å². The molecule has 2 saturated heterocycles. The normalized spacial score (nSPS) is 24.4. The zero-order valence-corrected chi connectivity index (χ0v) is 16.8. The van der Waals surface area contributed by atoms with Crippen molar-refractivity contribution in [2.75, 3.05) is 13.2 Å². The van der Waals surface area contributed by atoms with Gasteiger partial charge in [-0.25, -0.2) is 9.18 Å². The molecule has 1 amide bonds. The molecule has 1 aromatic carbocycles. The van der Waals surface area contributed by atoms with E-state index >= 15 is 0 Å². The largest absolute Gasteiger partial charge is 0.573 e. The second kappa shape index (κ2) is 8.05. The Morgan fingerprint density at radius 3 is 2.20 bits per heavy atom. The molecule has 6 nitrogen and oxygen atoms in total. The molecule has 10 heteroatoms. The zero-order chi connectivity index (χ0) is 22.3. The highest BCUT2D eigenvalue weighted by Crippen LogP contribution is 2.35. The van der Waals surface area contributed by atoms with Crippen molar-refractivity contribution in [1.82, 2.24) is 4.90 Å². The van der Waals surface area contributed by atoms with Gasteiger partial charge in [-0.2, -0.15) is 0 Å². The minimum atomic E-state index is -4.95. The number of benzene rings is 1. The Morgan fingerprint density at radius 1 is 1.10 bits per heavy atom. The van der Waals surface area contributed by atoms with Crippen LogP contribution in [0.1, 0.15) is 44.0 Å². The van der Waals surface area contributed by atoms with Crippen molar-refractivity contribution >= 4 is 11.9 Å². The van der Waals surface area contributed by atoms with E-state index in [1.54, 1.807) is 25.7 Å². The maximum Gasteiger partial charge on any atom is 0.573 e. The van der Waals surface area contributed by atoms with E-state index in [0.29, 0.717) is 6.07 Å². The van der Waals surface area contributed by atoms with Crippen LogP contribution < -0.4 is 4.74 Å². The number of alkyl halides is 3. The second-order valence-corrected chi connectivity index (χ2v) is 8.45. The lowest BCUT2D eigenvalue weighted by Crippen LogP contribution is -2.60. The molecule has 0 aromatic heterocycles. The zero-order valence-electron chi connectivity index (χ0n) is 16.8. The Morgan fingerprint density at radius 2 is 1.70 bits per heavy atom. The molecule has 0 aliphatic carbocycles. The topological polar surface area (TPSA) is 65.1 Å². The third-order valence-electron chi connectivity index (χ3n) is 4.94. The summed E-state index contributed by atoms with van der Waals surface area (Å²) >= 11 is 0. The van der Waals surface area contributed by atoms with Crippen molar-refractivity contribution in [1.29, 1.82) is 0 Å². The summed E-state index contributed by atoms with van der Waals surface area (Å²) in [6.07, 6.45) is -4.96. The van der Waals surface area contributed by atoms with Crippen LogP contribution in [0.2, 0.25) is 0 Å². The number of fused-ring (bicyclic) bond motifs is 2. The first kappa shape index (κ1) is 22.3. The molecule has 0 spiro atoms. The maximum absolute atomic E-state index is 14.3. The highest BCUT2D eigenvalue weighted by Gasteiger charge is 2.45. The van der Waals surface area contributed by atoms with E-state index in [0.717, 1.165) is 12.1 Å². The molecular weight excluding hydrogens is 410 g/mol. The molecule has 166 valence electrons. The molecule has 0 N–H and O–H groups in total. The Balaban J connectivity index is 1.74. The van der Waals surface area contributed by atoms with Crippen LogP contribution in [0.3, 0.4) is 0 Å². The molecule has 3 rings (SSSR count). The van der Waals surface area contributed by atoms with Gasteiger partial charge in [-0.1, -0.05) is 0 Å². The van der Waals surface area contributed by atoms with Gasteiger partial charge in [-0.15, -0.1) is 13.2 Å². The maximum atomic E-state index is 14.3. The van der Waals surface area contributed by atoms with E-state index in [-0.39, 0.29) is 31.6 Å². The van der Waals surface area contributed by atoms with E-state index in [2.05, 4.69) is 4.74 Å². The lowest BCUT2D eigenvalue weighted by Gasteiger charge is -2.47. The number of piperidine rings is 1. The van der Waals surface area contributed by atoms with Crippen LogP contribution in [0, 0.1) is 11.7 Å². The number of amides is 1. The lowest BCUT2D eigenvalue weighted by atomic mass is 9.80. The number of nitrogens with zero attached hydrogens (tertiary/aromatic N) is 1. The standard InChI is InChI=1S/C20H23F4NO5/c1-19(2,3)30-18(27)25-12-6-11(7-13(25)10-28-9-12)17(26)15-5-4-14(8-16(15)21)29-20(22,23)24/h4-5,8,11-13H,6-7,9-10H2,1-3H3. The number of hydrogen-bond donors (Lipinski definition) is 0. The molecule has 0 radical (unpaired) electrons. The highest BCUT2D eigenvalue weighted by molar-refractivity contribution is 5.98. The molecule has 2 aliphatic heterocycles. The van der Waals surface area contributed by atoms with Gasteiger partial charge in [0.25, 0.3) is 0 Å². The molecule has 0 saturated carbocycles. The predicted molar refractivity (Wildman–Crippen MR) is 96.6 cm³/mol.